The van der Waals surface area contributed by atoms with Crippen molar-refractivity contribution in [1.29, 1.82) is 0 Å². The lowest BCUT2D eigenvalue weighted by Crippen LogP contribution is -2.57. The smallest absolute Gasteiger partial charge is 0.225 e. The monoisotopic (exact) mass is 340 g/mol. The van der Waals surface area contributed by atoms with Gasteiger partial charge in [-0.15, -0.1) is 0 Å². The number of piperidine rings is 1. The van der Waals surface area contributed by atoms with Crippen molar-refractivity contribution in [3.8, 4) is 0 Å². The van der Waals surface area contributed by atoms with E-state index in [4.69, 9.17) is 4.74 Å². The lowest BCUT2D eigenvalue weighted by atomic mass is 9.69. The molecule has 1 unspecified atom stereocenters. The molecule has 23 heavy (non-hydrogen) atoms. The molecule has 2 aliphatic heterocycles. The number of hydrogen-bond acceptors (Lipinski definition) is 6. The van der Waals surface area contributed by atoms with E-state index < -0.39 is 10.0 Å². The highest BCUT2D eigenvalue weighted by Gasteiger charge is 2.45. The van der Waals surface area contributed by atoms with Crippen LogP contribution in [0.4, 0.5) is 5.95 Å². The van der Waals surface area contributed by atoms with Gasteiger partial charge < -0.3 is 9.64 Å². The Balaban J connectivity index is 1.71. The molecule has 2 saturated heterocycles. The summed E-state index contributed by atoms with van der Waals surface area (Å²) in [5.74, 6) is 0.851. The molecule has 0 saturated carbocycles. The van der Waals surface area contributed by atoms with E-state index in [2.05, 4.69) is 19.6 Å². The summed E-state index contributed by atoms with van der Waals surface area (Å²) in [6.07, 6.45) is 6.24. The van der Waals surface area contributed by atoms with E-state index >= 15 is 0 Å². The third kappa shape index (κ3) is 3.64. The van der Waals surface area contributed by atoms with E-state index in [1.165, 1.54) is 0 Å². The maximum atomic E-state index is 12.0. The van der Waals surface area contributed by atoms with Crippen LogP contribution in [0, 0.1) is 5.41 Å². The number of rotatable bonds is 4. The molecule has 1 N–H and O–H groups in total. The maximum Gasteiger partial charge on any atom is 0.225 e. The molecule has 7 nitrogen and oxygen atoms in total. The second-order valence-corrected chi connectivity index (χ2v) is 8.34. The van der Waals surface area contributed by atoms with Crippen molar-refractivity contribution >= 4 is 16.0 Å². The van der Waals surface area contributed by atoms with E-state index in [0.29, 0.717) is 13.2 Å². The maximum absolute atomic E-state index is 12.0. The minimum Gasteiger partial charge on any atom is -0.380 e. The summed E-state index contributed by atoms with van der Waals surface area (Å²) >= 11 is 0. The molecule has 0 amide bonds. The van der Waals surface area contributed by atoms with Crippen molar-refractivity contribution in [3.63, 3.8) is 0 Å². The summed E-state index contributed by atoms with van der Waals surface area (Å²) in [4.78, 5) is 10.8. The zero-order valence-corrected chi connectivity index (χ0v) is 14.3. The van der Waals surface area contributed by atoms with Gasteiger partial charge in [-0.1, -0.05) is 0 Å². The SMILES string of the molecule is CCS(=O)(=O)NC1COCCC12CCN(c1ncccn1)CC2. The number of sulfonamides is 1. The zero-order chi connectivity index (χ0) is 16.3. The first-order valence-corrected chi connectivity index (χ1v) is 9.80. The van der Waals surface area contributed by atoms with Gasteiger partial charge in [0, 0.05) is 32.1 Å². The molecule has 3 rings (SSSR count). The van der Waals surface area contributed by atoms with Crippen LogP contribution in [0.2, 0.25) is 0 Å². The van der Waals surface area contributed by atoms with E-state index in [9.17, 15) is 8.42 Å². The molecule has 1 atom stereocenters. The molecule has 0 aromatic carbocycles. The van der Waals surface area contributed by atoms with Gasteiger partial charge in [0.05, 0.1) is 18.4 Å². The molecule has 128 valence electrons. The fraction of sp³-hybridized carbons (Fsp3) is 0.733. The first kappa shape index (κ1) is 16.6. The number of ether oxygens (including phenoxy) is 1. The van der Waals surface area contributed by atoms with Crippen molar-refractivity contribution < 1.29 is 13.2 Å². The Morgan fingerprint density at radius 3 is 2.65 bits per heavy atom. The molecular formula is C15H24N4O3S. The highest BCUT2D eigenvalue weighted by molar-refractivity contribution is 7.89. The highest BCUT2D eigenvalue weighted by Crippen LogP contribution is 2.41. The number of nitrogens with zero attached hydrogens (tertiary/aromatic N) is 3. The van der Waals surface area contributed by atoms with Crippen LogP contribution in [0.3, 0.4) is 0 Å². The van der Waals surface area contributed by atoms with Gasteiger partial charge in [-0.2, -0.15) is 0 Å². The van der Waals surface area contributed by atoms with Crippen LogP contribution in [0.25, 0.3) is 0 Å². The molecule has 3 heterocycles. The Hall–Kier alpha value is -1.25. The fourth-order valence-electron chi connectivity index (χ4n) is 3.49. The van der Waals surface area contributed by atoms with Gasteiger partial charge in [0.2, 0.25) is 16.0 Å². The van der Waals surface area contributed by atoms with Gasteiger partial charge in [-0.25, -0.2) is 23.1 Å². The van der Waals surface area contributed by atoms with E-state index in [1.807, 2.05) is 6.07 Å². The van der Waals surface area contributed by atoms with Crippen LogP contribution in [0.15, 0.2) is 18.5 Å². The van der Waals surface area contributed by atoms with Gasteiger partial charge in [0.25, 0.3) is 0 Å². The molecule has 8 heteroatoms. The molecule has 0 bridgehead atoms. The third-order valence-electron chi connectivity index (χ3n) is 5.06. The highest BCUT2D eigenvalue weighted by atomic mass is 32.2. The van der Waals surface area contributed by atoms with Crippen LogP contribution in [0.5, 0.6) is 0 Å². The number of anilines is 1. The summed E-state index contributed by atoms with van der Waals surface area (Å²) < 4.78 is 32.4. The molecule has 0 aliphatic carbocycles. The molecular weight excluding hydrogens is 316 g/mol. The van der Waals surface area contributed by atoms with E-state index in [1.54, 1.807) is 19.3 Å². The third-order valence-corrected chi connectivity index (χ3v) is 6.47. The second kappa shape index (κ2) is 6.70. The van der Waals surface area contributed by atoms with Crippen LogP contribution in [-0.2, 0) is 14.8 Å². The summed E-state index contributed by atoms with van der Waals surface area (Å²) in [5.41, 5.74) is -0.0221. The van der Waals surface area contributed by atoms with Crippen molar-refractivity contribution in [2.24, 2.45) is 5.41 Å². The fourth-order valence-corrected chi connectivity index (χ4v) is 4.41. The molecule has 2 fully saturated rings. The summed E-state index contributed by atoms with van der Waals surface area (Å²) in [7, 11) is -3.23. The van der Waals surface area contributed by atoms with Crippen molar-refractivity contribution in [2.45, 2.75) is 32.2 Å². The molecule has 0 radical (unpaired) electrons. The standard InChI is InChI=1S/C15H24N4O3S/c1-2-23(20,21)18-13-12-22-11-6-15(13)4-9-19(10-5-15)14-16-7-3-8-17-14/h3,7-8,13,18H,2,4-6,9-12H2,1H3. The van der Waals surface area contributed by atoms with Gasteiger partial charge in [-0.05, 0) is 37.7 Å². The largest absolute Gasteiger partial charge is 0.380 e. The molecule has 1 spiro atoms. The average Bonchev–Trinajstić information content (AvgIpc) is 2.58. The Bertz CT molecular complexity index is 615. The number of hydrogen-bond donors (Lipinski definition) is 1. The van der Waals surface area contributed by atoms with Crippen LogP contribution in [0.1, 0.15) is 26.2 Å². The van der Waals surface area contributed by atoms with Gasteiger partial charge in [-0.3, -0.25) is 0 Å². The van der Waals surface area contributed by atoms with Crippen molar-refractivity contribution in [3.05, 3.63) is 18.5 Å². The first-order valence-electron chi connectivity index (χ1n) is 8.14. The number of nitrogens with one attached hydrogen (secondary N) is 1. The topological polar surface area (TPSA) is 84.4 Å². The Kier molecular flexibility index (Phi) is 4.84. The Labute approximate surface area is 137 Å². The molecule has 1 aromatic heterocycles. The van der Waals surface area contributed by atoms with Crippen molar-refractivity contribution in [1.82, 2.24) is 14.7 Å². The average molecular weight is 340 g/mol. The van der Waals surface area contributed by atoms with Gasteiger partial charge in [0.15, 0.2) is 0 Å². The summed E-state index contributed by atoms with van der Waals surface area (Å²) in [6.45, 7) is 4.50. The summed E-state index contributed by atoms with van der Waals surface area (Å²) in [6, 6.07) is 1.67. The Morgan fingerprint density at radius 2 is 2.00 bits per heavy atom. The van der Waals surface area contributed by atoms with E-state index in [-0.39, 0.29) is 17.2 Å². The predicted molar refractivity (Wildman–Crippen MR) is 87.7 cm³/mol. The first-order chi connectivity index (χ1) is 11.0. The van der Waals surface area contributed by atoms with Gasteiger partial charge >= 0.3 is 0 Å². The minimum absolute atomic E-state index is 0.0221. The second-order valence-electron chi connectivity index (χ2n) is 6.30. The predicted octanol–water partition coefficient (Wildman–Crippen LogP) is 0.791. The van der Waals surface area contributed by atoms with Crippen LogP contribution < -0.4 is 9.62 Å². The lowest BCUT2D eigenvalue weighted by Gasteiger charge is -2.48. The Morgan fingerprint density at radius 1 is 1.30 bits per heavy atom. The number of aromatic nitrogens is 2. The van der Waals surface area contributed by atoms with Crippen LogP contribution in [-0.4, -0.2) is 56.5 Å². The molecule has 1 aromatic rings. The van der Waals surface area contributed by atoms with Gasteiger partial charge in [0.1, 0.15) is 0 Å². The quantitative estimate of drug-likeness (QED) is 0.872. The molecule has 2 aliphatic rings. The van der Waals surface area contributed by atoms with Crippen molar-refractivity contribution in [2.75, 3.05) is 37.0 Å². The van der Waals surface area contributed by atoms with E-state index in [0.717, 1.165) is 38.3 Å². The van der Waals surface area contributed by atoms with Crippen LogP contribution >= 0.6 is 0 Å². The minimum atomic E-state index is -3.23. The lowest BCUT2D eigenvalue weighted by molar-refractivity contribution is -0.0234. The normalized spacial score (nSPS) is 24.7. The zero-order valence-electron chi connectivity index (χ0n) is 13.4. The summed E-state index contributed by atoms with van der Waals surface area (Å²) in [5, 5.41) is 0.